The molecule has 0 unspecified atom stereocenters. The number of nitrogens with zero attached hydrogens (tertiary/aromatic N) is 2. The third-order valence-corrected chi connectivity index (χ3v) is 6.52. The summed E-state index contributed by atoms with van der Waals surface area (Å²) in [6.07, 6.45) is 2.09. The minimum absolute atomic E-state index is 0.0396. The molecule has 0 aromatic heterocycles. The number of nitrogens with one attached hydrogen (secondary N) is 1. The van der Waals surface area contributed by atoms with Gasteiger partial charge in [0.15, 0.2) is 0 Å². The number of halogens is 1. The molecular weight excluding hydrogens is 445 g/mol. The van der Waals surface area contributed by atoms with E-state index in [1.807, 2.05) is 13.8 Å². The van der Waals surface area contributed by atoms with Crippen LogP contribution < -0.4 is 9.62 Å². The van der Waals surface area contributed by atoms with Crippen LogP contribution in [0.25, 0.3) is 0 Å². The SMILES string of the molecule is CC[C@@H](C)NC(=O)[C@@H](CC)N(Cc1ccc(F)cc1)C(=O)CN(c1ccccc1)S(C)(=O)=O. The number of benzene rings is 2. The Hall–Kier alpha value is -2.94. The molecule has 0 bridgehead atoms. The van der Waals surface area contributed by atoms with Gasteiger partial charge in [-0.25, -0.2) is 12.8 Å². The van der Waals surface area contributed by atoms with Crippen molar-refractivity contribution in [3.05, 3.63) is 66.0 Å². The molecule has 0 fully saturated rings. The molecule has 1 N–H and O–H groups in total. The first-order valence-electron chi connectivity index (χ1n) is 10.9. The molecule has 0 radical (unpaired) electrons. The lowest BCUT2D eigenvalue weighted by atomic mass is 10.1. The number of anilines is 1. The topological polar surface area (TPSA) is 86.8 Å². The van der Waals surface area contributed by atoms with Crippen LogP contribution in [-0.2, 0) is 26.2 Å². The van der Waals surface area contributed by atoms with Crippen LogP contribution in [0.4, 0.5) is 10.1 Å². The summed E-state index contributed by atoms with van der Waals surface area (Å²) in [4.78, 5) is 27.8. The molecule has 0 heterocycles. The van der Waals surface area contributed by atoms with Crippen molar-refractivity contribution in [3.63, 3.8) is 0 Å². The largest absolute Gasteiger partial charge is 0.352 e. The summed E-state index contributed by atoms with van der Waals surface area (Å²) in [5, 5.41) is 2.90. The van der Waals surface area contributed by atoms with Gasteiger partial charge in [0, 0.05) is 12.6 Å². The van der Waals surface area contributed by atoms with Gasteiger partial charge in [0.25, 0.3) is 0 Å². The second-order valence-corrected chi connectivity index (χ2v) is 9.90. The van der Waals surface area contributed by atoms with Crippen LogP contribution in [0.15, 0.2) is 54.6 Å². The van der Waals surface area contributed by atoms with Crippen molar-refractivity contribution < 1.29 is 22.4 Å². The molecule has 2 amide bonds. The first-order chi connectivity index (χ1) is 15.6. The first-order valence-corrected chi connectivity index (χ1v) is 12.8. The first kappa shape index (κ1) is 26.3. The molecular formula is C24H32FN3O4S. The molecule has 33 heavy (non-hydrogen) atoms. The Morgan fingerprint density at radius 2 is 1.61 bits per heavy atom. The minimum atomic E-state index is -3.76. The third-order valence-electron chi connectivity index (χ3n) is 5.38. The average molecular weight is 478 g/mol. The lowest BCUT2D eigenvalue weighted by molar-refractivity contribution is -0.140. The summed E-state index contributed by atoms with van der Waals surface area (Å²) in [7, 11) is -3.76. The molecule has 9 heteroatoms. The molecule has 0 spiro atoms. The summed E-state index contributed by atoms with van der Waals surface area (Å²) in [6, 6.07) is 13.1. The van der Waals surface area contributed by atoms with E-state index in [2.05, 4.69) is 5.32 Å². The van der Waals surface area contributed by atoms with E-state index < -0.39 is 34.3 Å². The maximum Gasteiger partial charge on any atom is 0.244 e. The molecule has 2 rings (SSSR count). The smallest absolute Gasteiger partial charge is 0.244 e. The zero-order valence-corrected chi connectivity index (χ0v) is 20.3. The van der Waals surface area contributed by atoms with Gasteiger partial charge in [-0.05, 0) is 49.6 Å². The Morgan fingerprint density at radius 1 is 1.00 bits per heavy atom. The zero-order valence-electron chi connectivity index (χ0n) is 19.5. The normalized spacial score (nSPS) is 13.1. The van der Waals surface area contributed by atoms with Gasteiger partial charge >= 0.3 is 0 Å². The summed E-state index contributed by atoms with van der Waals surface area (Å²) in [6.45, 7) is 5.18. The summed E-state index contributed by atoms with van der Waals surface area (Å²) in [5.41, 5.74) is 0.984. The predicted molar refractivity (Wildman–Crippen MR) is 128 cm³/mol. The number of para-hydroxylation sites is 1. The molecule has 0 aliphatic rings. The van der Waals surface area contributed by atoms with Crippen molar-refractivity contribution in [3.8, 4) is 0 Å². The number of hydrogen-bond acceptors (Lipinski definition) is 4. The summed E-state index contributed by atoms with van der Waals surface area (Å²) >= 11 is 0. The van der Waals surface area contributed by atoms with Crippen molar-refractivity contribution in [1.82, 2.24) is 10.2 Å². The highest BCUT2D eigenvalue weighted by Gasteiger charge is 2.32. The lowest BCUT2D eigenvalue weighted by Crippen LogP contribution is -2.53. The molecule has 0 aliphatic carbocycles. The maximum atomic E-state index is 13.5. The van der Waals surface area contributed by atoms with Gasteiger partial charge in [0.05, 0.1) is 11.9 Å². The molecule has 2 atom stereocenters. The van der Waals surface area contributed by atoms with Crippen LogP contribution in [0.1, 0.15) is 39.2 Å². The van der Waals surface area contributed by atoms with Crippen molar-refractivity contribution in [2.24, 2.45) is 0 Å². The van der Waals surface area contributed by atoms with E-state index in [9.17, 15) is 22.4 Å². The molecule has 7 nitrogen and oxygen atoms in total. The quantitative estimate of drug-likeness (QED) is 0.538. The van der Waals surface area contributed by atoms with Crippen LogP contribution in [0.2, 0.25) is 0 Å². The fourth-order valence-corrected chi connectivity index (χ4v) is 4.20. The Labute approximate surface area is 195 Å². The number of sulfonamides is 1. The Kier molecular flexibility index (Phi) is 9.40. The molecule has 0 saturated heterocycles. The van der Waals surface area contributed by atoms with Gasteiger partial charge in [-0.3, -0.25) is 13.9 Å². The number of amides is 2. The predicted octanol–water partition coefficient (Wildman–Crippen LogP) is 3.31. The van der Waals surface area contributed by atoms with E-state index in [0.29, 0.717) is 17.7 Å². The Morgan fingerprint density at radius 3 is 2.12 bits per heavy atom. The highest BCUT2D eigenvalue weighted by atomic mass is 32.2. The van der Waals surface area contributed by atoms with E-state index in [1.165, 1.54) is 17.0 Å². The average Bonchev–Trinajstić information content (AvgIpc) is 2.78. The summed E-state index contributed by atoms with van der Waals surface area (Å²) < 4.78 is 39.4. The van der Waals surface area contributed by atoms with Gasteiger partial charge in [0.2, 0.25) is 21.8 Å². The number of rotatable bonds is 11. The highest BCUT2D eigenvalue weighted by Crippen LogP contribution is 2.19. The number of hydrogen-bond donors (Lipinski definition) is 1. The maximum absolute atomic E-state index is 13.5. The second kappa shape index (κ2) is 11.8. The Bertz CT molecular complexity index is 1030. The van der Waals surface area contributed by atoms with Gasteiger partial charge < -0.3 is 10.2 Å². The van der Waals surface area contributed by atoms with Crippen LogP contribution in [0.5, 0.6) is 0 Å². The van der Waals surface area contributed by atoms with E-state index in [4.69, 9.17) is 0 Å². The van der Waals surface area contributed by atoms with Crippen LogP contribution >= 0.6 is 0 Å². The monoisotopic (exact) mass is 477 g/mol. The number of carbonyl (C=O) groups excluding carboxylic acids is 2. The van der Waals surface area contributed by atoms with Crippen molar-refractivity contribution in [1.29, 1.82) is 0 Å². The van der Waals surface area contributed by atoms with Crippen LogP contribution in [-0.4, -0.2) is 50.0 Å². The van der Waals surface area contributed by atoms with Gasteiger partial charge in [-0.15, -0.1) is 0 Å². The van der Waals surface area contributed by atoms with Gasteiger partial charge in [0.1, 0.15) is 18.4 Å². The minimum Gasteiger partial charge on any atom is -0.352 e. The van der Waals surface area contributed by atoms with E-state index in [1.54, 1.807) is 49.4 Å². The van der Waals surface area contributed by atoms with Gasteiger partial charge in [-0.1, -0.05) is 44.2 Å². The Balaban J connectivity index is 2.40. The standard InChI is InChI=1S/C24H32FN3O4S/c1-5-18(3)26-24(30)22(6-2)27(16-19-12-14-20(25)15-13-19)23(29)17-28(33(4,31)32)21-10-8-7-9-11-21/h7-15,18,22H,5-6,16-17H2,1-4H3,(H,26,30)/t18-,22-/m1/s1. The zero-order chi connectivity index (χ0) is 24.6. The highest BCUT2D eigenvalue weighted by molar-refractivity contribution is 7.92. The molecule has 2 aromatic rings. The van der Waals surface area contributed by atoms with Crippen LogP contribution in [0, 0.1) is 5.82 Å². The molecule has 0 saturated carbocycles. The lowest BCUT2D eigenvalue weighted by Gasteiger charge is -2.33. The van der Waals surface area contributed by atoms with E-state index in [0.717, 1.165) is 17.0 Å². The summed E-state index contributed by atoms with van der Waals surface area (Å²) in [5.74, 6) is -1.25. The van der Waals surface area contributed by atoms with E-state index in [-0.39, 0.29) is 18.5 Å². The number of carbonyl (C=O) groups is 2. The van der Waals surface area contributed by atoms with E-state index >= 15 is 0 Å². The third kappa shape index (κ3) is 7.56. The van der Waals surface area contributed by atoms with Crippen LogP contribution in [0.3, 0.4) is 0 Å². The fraction of sp³-hybridized carbons (Fsp3) is 0.417. The van der Waals surface area contributed by atoms with Crippen molar-refractivity contribution in [2.45, 2.75) is 52.2 Å². The van der Waals surface area contributed by atoms with Crippen molar-refractivity contribution in [2.75, 3.05) is 17.1 Å². The van der Waals surface area contributed by atoms with Crippen molar-refractivity contribution >= 4 is 27.5 Å². The molecule has 180 valence electrons. The fourth-order valence-electron chi connectivity index (χ4n) is 3.36. The molecule has 0 aliphatic heterocycles. The second-order valence-electron chi connectivity index (χ2n) is 8.00. The molecule has 2 aromatic carbocycles. The van der Waals surface area contributed by atoms with Gasteiger partial charge in [-0.2, -0.15) is 0 Å².